The highest BCUT2D eigenvalue weighted by atomic mass is 19.1. The van der Waals surface area contributed by atoms with Gasteiger partial charge in [-0.1, -0.05) is 18.2 Å². The lowest BCUT2D eigenvalue weighted by atomic mass is 10.1. The van der Waals surface area contributed by atoms with Crippen molar-refractivity contribution in [3.05, 3.63) is 78.6 Å². The van der Waals surface area contributed by atoms with Crippen LogP contribution in [0, 0.1) is 0 Å². The van der Waals surface area contributed by atoms with Crippen molar-refractivity contribution < 1.29 is 9.13 Å². The van der Waals surface area contributed by atoms with Crippen LogP contribution in [-0.4, -0.2) is 35.6 Å². The summed E-state index contributed by atoms with van der Waals surface area (Å²) in [5, 5.41) is 0. The second-order valence-corrected chi connectivity index (χ2v) is 7.55. The van der Waals surface area contributed by atoms with Gasteiger partial charge in [0.15, 0.2) is 0 Å². The number of para-hydroxylation sites is 1. The van der Waals surface area contributed by atoms with Gasteiger partial charge in [0.05, 0.1) is 6.67 Å². The largest absolute Gasteiger partial charge is 0.457 e. The van der Waals surface area contributed by atoms with E-state index in [0.29, 0.717) is 12.7 Å². The molecule has 0 unspecified atom stereocenters. The molecule has 2 aromatic carbocycles. The molecule has 0 aromatic heterocycles. The van der Waals surface area contributed by atoms with Crippen molar-refractivity contribution in [2.24, 2.45) is 5.73 Å². The van der Waals surface area contributed by atoms with Gasteiger partial charge in [0, 0.05) is 37.2 Å². The molecule has 5 nitrogen and oxygen atoms in total. The van der Waals surface area contributed by atoms with Crippen LogP contribution in [0.2, 0.25) is 0 Å². The van der Waals surface area contributed by atoms with Gasteiger partial charge in [-0.25, -0.2) is 4.39 Å². The third-order valence-electron chi connectivity index (χ3n) is 5.30. The van der Waals surface area contributed by atoms with E-state index in [0.717, 1.165) is 48.9 Å². The van der Waals surface area contributed by atoms with Gasteiger partial charge >= 0.3 is 0 Å². The van der Waals surface area contributed by atoms with Crippen molar-refractivity contribution in [3.63, 3.8) is 0 Å². The van der Waals surface area contributed by atoms with E-state index in [9.17, 15) is 4.39 Å². The maximum absolute atomic E-state index is 13.3. The Morgan fingerprint density at radius 2 is 1.83 bits per heavy atom. The number of benzene rings is 2. The zero-order chi connectivity index (χ0) is 20.2. The fraction of sp³-hybridized carbons (Fsp3) is 0.304. The van der Waals surface area contributed by atoms with Gasteiger partial charge < -0.3 is 25.2 Å². The molecule has 29 heavy (non-hydrogen) atoms. The highest BCUT2D eigenvalue weighted by Gasteiger charge is 2.29. The first-order valence-electron chi connectivity index (χ1n) is 10.00. The summed E-state index contributed by atoms with van der Waals surface area (Å²) < 4.78 is 19.1. The van der Waals surface area contributed by atoms with Crippen LogP contribution in [-0.2, 0) is 0 Å². The Labute approximate surface area is 171 Å². The zero-order valence-electron chi connectivity index (χ0n) is 16.7. The summed E-state index contributed by atoms with van der Waals surface area (Å²) in [5.41, 5.74) is 7.34. The summed E-state index contributed by atoms with van der Waals surface area (Å²) >= 11 is 0. The van der Waals surface area contributed by atoms with E-state index in [2.05, 4.69) is 14.7 Å². The Balaban J connectivity index is 1.40. The van der Waals surface area contributed by atoms with Crippen molar-refractivity contribution in [1.82, 2.24) is 9.80 Å². The van der Waals surface area contributed by atoms with Crippen LogP contribution < -0.4 is 15.4 Å². The van der Waals surface area contributed by atoms with Crippen LogP contribution in [0.15, 0.2) is 78.6 Å². The molecule has 6 heteroatoms. The first-order valence-corrected chi connectivity index (χ1v) is 10.00. The predicted molar refractivity (Wildman–Crippen MR) is 114 cm³/mol. The monoisotopic (exact) mass is 394 g/mol. The lowest BCUT2D eigenvalue weighted by Crippen LogP contribution is -2.45. The number of allylic oxidation sites excluding steroid dienone is 1. The predicted octanol–water partition coefficient (Wildman–Crippen LogP) is 4.61. The van der Waals surface area contributed by atoms with E-state index >= 15 is 0 Å². The molecule has 2 aliphatic rings. The van der Waals surface area contributed by atoms with Crippen molar-refractivity contribution in [2.45, 2.75) is 25.8 Å². The topological polar surface area (TPSA) is 45.0 Å². The lowest BCUT2D eigenvalue weighted by molar-refractivity contribution is 0.171. The Kier molecular flexibility index (Phi) is 5.60. The maximum atomic E-state index is 13.3. The van der Waals surface area contributed by atoms with Crippen LogP contribution in [0.25, 0.3) is 0 Å². The van der Waals surface area contributed by atoms with Gasteiger partial charge in [0.1, 0.15) is 23.1 Å². The molecule has 4 rings (SSSR count). The molecular formula is C23H27FN4O. The van der Waals surface area contributed by atoms with Gasteiger partial charge in [0.25, 0.3) is 0 Å². The first-order chi connectivity index (χ1) is 14.1. The number of hydrogen-bond donors (Lipinski definition) is 1. The fourth-order valence-electron chi connectivity index (χ4n) is 3.92. The molecule has 0 saturated carbocycles. The van der Waals surface area contributed by atoms with Gasteiger partial charge in [0.2, 0.25) is 0 Å². The van der Waals surface area contributed by atoms with E-state index in [4.69, 9.17) is 10.5 Å². The summed E-state index contributed by atoms with van der Waals surface area (Å²) in [7, 11) is 0. The quantitative estimate of drug-likeness (QED) is 0.802. The first kappa shape index (κ1) is 19.2. The minimum Gasteiger partial charge on any atom is -0.457 e. The van der Waals surface area contributed by atoms with Crippen LogP contribution in [0.4, 0.5) is 10.1 Å². The Morgan fingerprint density at radius 1 is 1.10 bits per heavy atom. The third kappa shape index (κ3) is 4.65. The van der Waals surface area contributed by atoms with Crippen LogP contribution in [0.3, 0.4) is 0 Å². The minimum atomic E-state index is -0.151. The Bertz CT molecular complexity index is 878. The highest BCUT2D eigenvalue weighted by molar-refractivity contribution is 5.55. The van der Waals surface area contributed by atoms with Gasteiger partial charge in [-0.2, -0.15) is 0 Å². The van der Waals surface area contributed by atoms with E-state index < -0.39 is 0 Å². The van der Waals surface area contributed by atoms with Crippen molar-refractivity contribution in [2.75, 3.05) is 24.7 Å². The zero-order valence-corrected chi connectivity index (χ0v) is 16.7. The molecule has 1 saturated heterocycles. The number of nitrogens with two attached hydrogens (primary N) is 1. The molecule has 0 radical (unpaired) electrons. The molecule has 1 atom stereocenters. The number of likely N-dealkylation sites (tertiary alicyclic amines) is 1. The Hall–Kier alpha value is -3.15. The number of rotatable bonds is 5. The molecule has 2 heterocycles. The molecule has 0 aliphatic carbocycles. The average molecular weight is 394 g/mol. The van der Waals surface area contributed by atoms with Crippen LogP contribution >= 0.6 is 0 Å². The SMILES string of the molecule is CC(F)=CN1CCC[C@@H](N2C=C(N)N(c3ccc(Oc4ccccc4)cc3)C2)C1. The number of anilines is 1. The van der Waals surface area contributed by atoms with E-state index in [1.54, 1.807) is 6.20 Å². The standard InChI is InChI=1S/C23H27FN4O/c1-18(24)14-26-13-5-6-20(15-26)27-16-23(25)28(17-27)19-9-11-22(12-10-19)29-21-7-3-2-4-8-21/h2-4,7-12,14,16,20H,5-6,13,15,17,25H2,1H3/t20-/m1/s1. The average Bonchev–Trinajstić information content (AvgIpc) is 3.11. The number of hydrogen-bond acceptors (Lipinski definition) is 5. The van der Waals surface area contributed by atoms with Crippen LogP contribution in [0.1, 0.15) is 19.8 Å². The van der Waals surface area contributed by atoms with Gasteiger partial charge in [-0.15, -0.1) is 0 Å². The number of nitrogens with zero attached hydrogens (tertiary/aromatic N) is 3. The summed E-state index contributed by atoms with van der Waals surface area (Å²) in [6, 6.07) is 18.0. The highest BCUT2D eigenvalue weighted by Crippen LogP contribution is 2.29. The number of ether oxygens (including phenoxy) is 1. The molecule has 1 fully saturated rings. The molecule has 0 spiro atoms. The number of piperidine rings is 1. The number of halogens is 1. The summed E-state index contributed by atoms with van der Waals surface area (Å²) in [5.74, 6) is 2.17. The van der Waals surface area contributed by atoms with Gasteiger partial charge in [-0.05, 0) is 56.2 Å². The summed E-state index contributed by atoms with van der Waals surface area (Å²) in [6.45, 7) is 3.89. The minimum absolute atomic E-state index is 0.151. The van der Waals surface area contributed by atoms with E-state index in [1.165, 1.54) is 6.92 Å². The molecule has 2 aliphatic heterocycles. The Morgan fingerprint density at radius 3 is 2.55 bits per heavy atom. The molecule has 152 valence electrons. The molecule has 2 aromatic rings. The molecule has 2 N–H and O–H groups in total. The molecular weight excluding hydrogens is 367 g/mol. The van der Waals surface area contributed by atoms with Crippen molar-refractivity contribution in [1.29, 1.82) is 0 Å². The smallest absolute Gasteiger partial charge is 0.127 e. The summed E-state index contributed by atoms with van der Waals surface area (Å²) in [6.07, 6.45) is 5.74. The third-order valence-corrected chi connectivity index (χ3v) is 5.30. The molecule has 0 bridgehead atoms. The van der Waals surface area contributed by atoms with Gasteiger partial charge in [-0.3, -0.25) is 0 Å². The van der Waals surface area contributed by atoms with Crippen molar-refractivity contribution >= 4 is 5.69 Å². The van der Waals surface area contributed by atoms with E-state index in [-0.39, 0.29) is 5.83 Å². The van der Waals surface area contributed by atoms with Crippen molar-refractivity contribution in [3.8, 4) is 11.5 Å². The van der Waals surface area contributed by atoms with E-state index in [1.807, 2.05) is 60.8 Å². The normalized spacial score (nSPS) is 20.1. The second kappa shape index (κ2) is 8.47. The van der Waals surface area contributed by atoms with Crippen LogP contribution in [0.5, 0.6) is 11.5 Å². The molecule has 0 amide bonds. The lowest BCUT2D eigenvalue weighted by Gasteiger charge is -2.37. The summed E-state index contributed by atoms with van der Waals surface area (Å²) in [4.78, 5) is 6.41. The maximum Gasteiger partial charge on any atom is 0.127 e. The fourth-order valence-corrected chi connectivity index (χ4v) is 3.92. The second-order valence-electron chi connectivity index (χ2n) is 7.55.